The molecule has 0 spiro atoms. The van der Waals surface area contributed by atoms with Crippen molar-refractivity contribution in [3.8, 4) is 0 Å². The van der Waals surface area contributed by atoms with Crippen LogP contribution in [0.15, 0.2) is 18.3 Å². The molecule has 4 N–H and O–H groups in total. The van der Waals surface area contributed by atoms with Gasteiger partial charge in [0.15, 0.2) is 0 Å². The Balaban J connectivity index is 3.07. The molecule has 1 aromatic heterocycles. The Labute approximate surface area is 94.8 Å². The van der Waals surface area contributed by atoms with Gasteiger partial charge in [-0.25, -0.2) is 4.98 Å². The zero-order valence-electron chi connectivity index (χ0n) is 9.73. The van der Waals surface area contributed by atoms with Crippen LogP contribution in [0.4, 0.5) is 5.82 Å². The van der Waals surface area contributed by atoms with Crippen molar-refractivity contribution in [3.63, 3.8) is 0 Å². The highest BCUT2D eigenvalue weighted by Gasteiger charge is 2.37. The number of pyridine rings is 1. The maximum Gasteiger partial charge on any atom is 0.313 e. The predicted molar refractivity (Wildman–Crippen MR) is 61.4 cm³/mol. The number of anilines is 1. The van der Waals surface area contributed by atoms with Gasteiger partial charge < -0.3 is 16.2 Å². The second-order valence-corrected chi connectivity index (χ2v) is 4.17. The van der Waals surface area contributed by atoms with Gasteiger partial charge in [0.1, 0.15) is 5.82 Å². The highest BCUT2D eigenvalue weighted by atomic mass is 16.5. The fourth-order valence-electron chi connectivity index (χ4n) is 1.47. The number of nitrogen functional groups attached to an aromatic ring is 1. The van der Waals surface area contributed by atoms with Crippen molar-refractivity contribution in [2.75, 3.05) is 12.8 Å². The van der Waals surface area contributed by atoms with E-state index in [0.717, 1.165) is 0 Å². The molecule has 1 aromatic rings. The van der Waals surface area contributed by atoms with E-state index >= 15 is 0 Å². The summed E-state index contributed by atoms with van der Waals surface area (Å²) in [7, 11) is 1.34. The molecule has 16 heavy (non-hydrogen) atoms. The van der Waals surface area contributed by atoms with Crippen LogP contribution in [-0.4, -0.2) is 18.1 Å². The van der Waals surface area contributed by atoms with Gasteiger partial charge in [0.05, 0.1) is 12.5 Å². The largest absolute Gasteiger partial charge is 0.469 e. The van der Waals surface area contributed by atoms with E-state index < -0.39 is 11.5 Å². The Morgan fingerprint density at radius 3 is 2.69 bits per heavy atom. The lowest BCUT2D eigenvalue weighted by Crippen LogP contribution is -2.37. The smallest absolute Gasteiger partial charge is 0.313 e. The summed E-state index contributed by atoms with van der Waals surface area (Å²) in [5.41, 5.74) is 11.6. The standard InChI is InChI=1S/C11H17N3O2/c1-11(2,10(15)16-3)8(12)7-5-4-6-14-9(7)13/h4-6,8H,12H2,1-3H3,(H2,13,14)/t8-/m0/s1. The van der Waals surface area contributed by atoms with E-state index in [1.54, 1.807) is 32.2 Å². The number of esters is 1. The van der Waals surface area contributed by atoms with Crippen LogP contribution in [0.1, 0.15) is 25.5 Å². The van der Waals surface area contributed by atoms with Crippen molar-refractivity contribution in [2.45, 2.75) is 19.9 Å². The maximum absolute atomic E-state index is 11.6. The highest BCUT2D eigenvalue weighted by Crippen LogP contribution is 2.34. The van der Waals surface area contributed by atoms with Gasteiger partial charge in [0.2, 0.25) is 0 Å². The van der Waals surface area contributed by atoms with Gasteiger partial charge in [-0.2, -0.15) is 0 Å². The lowest BCUT2D eigenvalue weighted by Gasteiger charge is -2.29. The molecule has 0 bridgehead atoms. The second-order valence-electron chi connectivity index (χ2n) is 4.17. The van der Waals surface area contributed by atoms with Crippen molar-refractivity contribution in [1.82, 2.24) is 4.98 Å². The van der Waals surface area contributed by atoms with Crippen molar-refractivity contribution < 1.29 is 9.53 Å². The van der Waals surface area contributed by atoms with Crippen molar-refractivity contribution in [3.05, 3.63) is 23.9 Å². The third kappa shape index (κ3) is 2.14. The van der Waals surface area contributed by atoms with Gasteiger partial charge in [-0.3, -0.25) is 4.79 Å². The molecule has 1 atom stereocenters. The molecular formula is C11H17N3O2. The summed E-state index contributed by atoms with van der Waals surface area (Å²) in [5.74, 6) is -0.0322. The molecule has 0 aliphatic heterocycles. The number of aromatic nitrogens is 1. The van der Waals surface area contributed by atoms with Crippen molar-refractivity contribution >= 4 is 11.8 Å². The summed E-state index contributed by atoms with van der Waals surface area (Å²) in [5, 5.41) is 0. The molecule has 88 valence electrons. The lowest BCUT2D eigenvalue weighted by atomic mass is 9.81. The Morgan fingerprint density at radius 1 is 1.56 bits per heavy atom. The van der Waals surface area contributed by atoms with E-state index in [0.29, 0.717) is 11.4 Å². The van der Waals surface area contributed by atoms with Crippen LogP contribution in [0, 0.1) is 5.41 Å². The Hall–Kier alpha value is -1.62. The minimum absolute atomic E-state index is 0.340. The monoisotopic (exact) mass is 223 g/mol. The lowest BCUT2D eigenvalue weighted by molar-refractivity contribution is -0.152. The summed E-state index contributed by atoms with van der Waals surface area (Å²) in [6, 6.07) is 2.95. The molecule has 1 heterocycles. The Morgan fingerprint density at radius 2 is 2.19 bits per heavy atom. The number of carbonyl (C=O) groups excluding carboxylic acids is 1. The van der Waals surface area contributed by atoms with Crippen LogP contribution in [0.5, 0.6) is 0 Å². The highest BCUT2D eigenvalue weighted by molar-refractivity contribution is 5.77. The second kappa shape index (κ2) is 4.49. The van der Waals surface area contributed by atoms with Crippen LogP contribution in [0.2, 0.25) is 0 Å². The normalized spacial score (nSPS) is 13.2. The van der Waals surface area contributed by atoms with E-state index in [-0.39, 0.29) is 5.97 Å². The van der Waals surface area contributed by atoms with E-state index in [4.69, 9.17) is 16.2 Å². The minimum atomic E-state index is -0.841. The quantitative estimate of drug-likeness (QED) is 0.742. The number of carbonyl (C=O) groups is 1. The summed E-state index contributed by atoms with van der Waals surface area (Å²) in [4.78, 5) is 15.5. The summed E-state index contributed by atoms with van der Waals surface area (Å²) in [6.07, 6.45) is 1.58. The van der Waals surface area contributed by atoms with Gasteiger partial charge in [0, 0.05) is 17.8 Å². The number of methoxy groups -OCH3 is 1. The summed E-state index contributed by atoms with van der Waals surface area (Å²) in [6.45, 7) is 3.44. The first-order chi connectivity index (χ1) is 7.41. The average molecular weight is 223 g/mol. The average Bonchev–Trinajstić information content (AvgIpc) is 2.27. The van der Waals surface area contributed by atoms with Crippen LogP contribution >= 0.6 is 0 Å². The molecule has 5 heteroatoms. The Bertz CT molecular complexity index is 391. The minimum Gasteiger partial charge on any atom is -0.469 e. The topological polar surface area (TPSA) is 91.2 Å². The molecule has 0 aromatic carbocycles. The van der Waals surface area contributed by atoms with Gasteiger partial charge >= 0.3 is 5.97 Å². The molecule has 0 fully saturated rings. The molecule has 0 aliphatic carbocycles. The maximum atomic E-state index is 11.6. The van der Waals surface area contributed by atoms with E-state index in [1.807, 2.05) is 0 Å². The first-order valence-electron chi connectivity index (χ1n) is 4.95. The number of hydrogen-bond acceptors (Lipinski definition) is 5. The summed E-state index contributed by atoms with van der Waals surface area (Å²) >= 11 is 0. The number of nitrogens with zero attached hydrogens (tertiary/aromatic N) is 1. The molecule has 0 radical (unpaired) electrons. The number of nitrogens with two attached hydrogens (primary N) is 2. The number of hydrogen-bond donors (Lipinski definition) is 2. The fraction of sp³-hybridized carbons (Fsp3) is 0.455. The van der Waals surface area contributed by atoms with Gasteiger partial charge in [-0.05, 0) is 19.9 Å². The SMILES string of the molecule is COC(=O)C(C)(C)[C@@H](N)c1cccnc1N. The summed E-state index contributed by atoms with van der Waals surface area (Å²) < 4.78 is 4.72. The van der Waals surface area contributed by atoms with Crippen LogP contribution in [0.3, 0.4) is 0 Å². The zero-order chi connectivity index (χ0) is 12.3. The fourth-order valence-corrected chi connectivity index (χ4v) is 1.47. The van der Waals surface area contributed by atoms with Gasteiger partial charge in [0.25, 0.3) is 0 Å². The first-order valence-corrected chi connectivity index (χ1v) is 4.95. The molecular weight excluding hydrogens is 206 g/mol. The van der Waals surface area contributed by atoms with Crippen LogP contribution in [-0.2, 0) is 9.53 Å². The van der Waals surface area contributed by atoms with Gasteiger partial charge in [-0.15, -0.1) is 0 Å². The number of ether oxygens (including phenoxy) is 1. The number of rotatable bonds is 3. The van der Waals surface area contributed by atoms with E-state index in [9.17, 15) is 4.79 Å². The third-order valence-corrected chi connectivity index (χ3v) is 2.70. The zero-order valence-corrected chi connectivity index (χ0v) is 9.73. The molecule has 0 saturated heterocycles. The first kappa shape index (κ1) is 12.4. The van der Waals surface area contributed by atoms with Gasteiger partial charge in [-0.1, -0.05) is 6.07 Å². The molecule has 1 rings (SSSR count). The molecule has 5 nitrogen and oxygen atoms in total. The van der Waals surface area contributed by atoms with Crippen molar-refractivity contribution in [2.24, 2.45) is 11.1 Å². The predicted octanol–water partition coefficient (Wildman–Crippen LogP) is 0.863. The molecule has 0 aliphatic rings. The van der Waals surface area contributed by atoms with E-state index in [2.05, 4.69) is 4.98 Å². The third-order valence-electron chi connectivity index (χ3n) is 2.70. The van der Waals surface area contributed by atoms with E-state index in [1.165, 1.54) is 7.11 Å². The molecule has 0 amide bonds. The van der Waals surface area contributed by atoms with Crippen LogP contribution in [0.25, 0.3) is 0 Å². The van der Waals surface area contributed by atoms with Crippen LogP contribution < -0.4 is 11.5 Å². The molecule has 0 unspecified atom stereocenters. The Kier molecular flexibility index (Phi) is 3.49. The van der Waals surface area contributed by atoms with Crippen molar-refractivity contribution in [1.29, 1.82) is 0 Å². The molecule has 0 saturated carbocycles.